The zero-order valence-electron chi connectivity index (χ0n) is 12.9. The smallest absolute Gasteiger partial charge is 0.227 e. The van der Waals surface area contributed by atoms with Gasteiger partial charge in [0.2, 0.25) is 11.8 Å². The number of ether oxygens (including phenoxy) is 1. The molecule has 22 heavy (non-hydrogen) atoms. The van der Waals surface area contributed by atoms with E-state index in [9.17, 15) is 9.59 Å². The van der Waals surface area contributed by atoms with Crippen molar-refractivity contribution in [2.45, 2.75) is 32.6 Å². The van der Waals surface area contributed by atoms with E-state index in [1.165, 1.54) is 6.42 Å². The van der Waals surface area contributed by atoms with Gasteiger partial charge in [0.25, 0.3) is 0 Å². The Bertz CT molecular complexity index is 585. The Morgan fingerprint density at radius 2 is 2.32 bits per heavy atom. The summed E-state index contributed by atoms with van der Waals surface area (Å²) < 4.78 is 5.53. The van der Waals surface area contributed by atoms with Gasteiger partial charge in [-0.05, 0) is 36.5 Å². The van der Waals surface area contributed by atoms with Crippen LogP contribution >= 0.6 is 0 Å². The van der Waals surface area contributed by atoms with Gasteiger partial charge in [0, 0.05) is 13.1 Å². The van der Waals surface area contributed by atoms with Gasteiger partial charge in [-0.1, -0.05) is 13.0 Å². The van der Waals surface area contributed by atoms with Crippen molar-refractivity contribution in [1.29, 1.82) is 0 Å². The molecule has 0 spiro atoms. The van der Waals surface area contributed by atoms with E-state index in [0.717, 1.165) is 25.1 Å². The molecule has 0 radical (unpaired) electrons. The van der Waals surface area contributed by atoms with Crippen molar-refractivity contribution in [1.82, 2.24) is 4.90 Å². The van der Waals surface area contributed by atoms with Crippen LogP contribution in [0.25, 0.3) is 0 Å². The lowest BCUT2D eigenvalue weighted by atomic mass is 9.99. The first-order chi connectivity index (χ1) is 10.6. The molecule has 1 N–H and O–H groups in total. The molecule has 2 heterocycles. The third-order valence-corrected chi connectivity index (χ3v) is 4.27. The quantitative estimate of drug-likeness (QED) is 0.911. The number of anilines is 1. The summed E-state index contributed by atoms with van der Waals surface area (Å²) in [6, 6.07) is 5.59. The van der Waals surface area contributed by atoms with Gasteiger partial charge in [-0.15, -0.1) is 0 Å². The highest BCUT2D eigenvalue weighted by molar-refractivity contribution is 5.93. The van der Waals surface area contributed by atoms with Crippen LogP contribution in [-0.2, 0) is 16.0 Å². The Hall–Kier alpha value is -2.04. The van der Waals surface area contributed by atoms with E-state index in [-0.39, 0.29) is 11.8 Å². The largest absolute Gasteiger partial charge is 0.491 e. The second-order valence-corrected chi connectivity index (χ2v) is 6.24. The molecular weight excluding hydrogens is 280 g/mol. The highest BCUT2D eigenvalue weighted by atomic mass is 16.5. The number of amides is 2. The molecule has 1 atom stereocenters. The number of nitrogens with one attached hydrogen (secondary N) is 1. The van der Waals surface area contributed by atoms with Gasteiger partial charge in [-0.25, -0.2) is 0 Å². The second-order valence-electron chi connectivity index (χ2n) is 6.24. The van der Waals surface area contributed by atoms with Crippen LogP contribution in [0.1, 0.15) is 31.7 Å². The molecule has 5 nitrogen and oxygen atoms in total. The van der Waals surface area contributed by atoms with Gasteiger partial charge < -0.3 is 15.0 Å². The third-order valence-electron chi connectivity index (χ3n) is 4.27. The van der Waals surface area contributed by atoms with Crippen molar-refractivity contribution in [3.63, 3.8) is 0 Å². The normalized spacial score (nSPS) is 21.4. The predicted molar refractivity (Wildman–Crippen MR) is 83.9 cm³/mol. The number of likely N-dealkylation sites (tertiary alicyclic amines) is 1. The average Bonchev–Trinajstić information content (AvgIpc) is 2.67. The topological polar surface area (TPSA) is 58.6 Å². The Labute approximate surface area is 130 Å². The van der Waals surface area contributed by atoms with Gasteiger partial charge in [0.05, 0.1) is 25.1 Å². The molecular formula is C17H22N2O3. The van der Waals surface area contributed by atoms with Crippen molar-refractivity contribution in [3.05, 3.63) is 23.8 Å². The van der Waals surface area contributed by atoms with Crippen molar-refractivity contribution in [2.75, 3.05) is 25.0 Å². The van der Waals surface area contributed by atoms with E-state index in [4.69, 9.17) is 4.74 Å². The van der Waals surface area contributed by atoms with Crippen LogP contribution in [-0.4, -0.2) is 36.4 Å². The summed E-state index contributed by atoms with van der Waals surface area (Å²) in [6.07, 6.45) is 3.01. The summed E-state index contributed by atoms with van der Waals surface area (Å²) in [4.78, 5) is 26.0. The van der Waals surface area contributed by atoms with Crippen LogP contribution in [0.15, 0.2) is 18.2 Å². The fourth-order valence-electron chi connectivity index (χ4n) is 3.08. The minimum absolute atomic E-state index is 0.0490. The molecule has 0 bridgehead atoms. The van der Waals surface area contributed by atoms with Crippen molar-refractivity contribution in [2.24, 2.45) is 5.92 Å². The summed E-state index contributed by atoms with van der Waals surface area (Å²) in [7, 11) is 0. The molecule has 0 aliphatic carbocycles. The molecule has 1 aromatic rings. The van der Waals surface area contributed by atoms with E-state index in [1.54, 1.807) is 0 Å². The second kappa shape index (κ2) is 6.38. The summed E-state index contributed by atoms with van der Waals surface area (Å²) in [5, 5.41) is 2.83. The summed E-state index contributed by atoms with van der Waals surface area (Å²) in [6.45, 7) is 4.29. The summed E-state index contributed by atoms with van der Waals surface area (Å²) in [5.41, 5.74) is 1.58. The molecule has 1 fully saturated rings. The molecule has 118 valence electrons. The molecule has 5 heteroatoms. The van der Waals surface area contributed by atoms with E-state index >= 15 is 0 Å². The van der Waals surface area contributed by atoms with Gasteiger partial charge in [0.15, 0.2) is 0 Å². The number of fused-ring (bicyclic) bond motifs is 1. The molecule has 2 amide bonds. The van der Waals surface area contributed by atoms with E-state index in [2.05, 4.69) is 12.2 Å². The fourth-order valence-corrected chi connectivity index (χ4v) is 3.08. The number of hydrogen-bond acceptors (Lipinski definition) is 3. The molecule has 2 aliphatic heterocycles. The summed E-state index contributed by atoms with van der Waals surface area (Å²) in [5.74, 6) is 1.37. The summed E-state index contributed by atoms with van der Waals surface area (Å²) >= 11 is 0. The van der Waals surface area contributed by atoms with Gasteiger partial charge in [-0.2, -0.15) is 0 Å². The lowest BCUT2D eigenvalue weighted by Gasteiger charge is -2.31. The number of nitrogens with zero attached hydrogens (tertiary/aromatic N) is 1. The lowest BCUT2D eigenvalue weighted by molar-refractivity contribution is -0.132. The van der Waals surface area contributed by atoms with Crippen LogP contribution in [0.5, 0.6) is 5.75 Å². The highest BCUT2D eigenvalue weighted by Crippen LogP contribution is 2.28. The molecule has 1 saturated heterocycles. The monoisotopic (exact) mass is 302 g/mol. The van der Waals surface area contributed by atoms with Crippen molar-refractivity contribution in [3.8, 4) is 5.75 Å². The maximum atomic E-state index is 12.4. The van der Waals surface area contributed by atoms with Gasteiger partial charge >= 0.3 is 0 Å². The first kappa shape index (κ1) is 14.9. The Morgan fingerprint density at radius 1 is 1.45 bits per heavy atom. The number of benzene rings is 1. The van der Waals surface area contributed by atoms with Gasteiger partial charge in [0.1, 0.15) is 5.75 Å². The van der Waals surface area contributed by atoms with Crippen LogP contribution in [0.4, 0.5) is 5.69 Å². The van der Waals surface area contributed by atoms with Crippen LogP contribution in [0.2, 0.25) is 0 Å². The Kier molecular flexibility index (Phi) is 4.32. The number of carbonyl (C=O) groups excluding carboxylic acids is 2. The van der Waals surface area contributed by atoms with Crippen molar-refractivity contribution < 1.29 is 14.3 Å². The SMILES string of the molecule is CC1CCCN(C(=O)Cc2ccc3c(c2)NC(=O)CCO3)C1. The number of piperidine rings is 1. The van der Waals surface area contributed by atoms with Crippen LogP contribution in [0, 0.1) is 5.92 Å². The molecule has 2 aliphatic rings. The average molecular weight is 302 g/mol. The molecule has 1 unspecified atom stereocenters. The zero-order valence-corrected chi connectivity index (χ0v) is 12.9. The maximum Gasteiger partial charge on any atom is 0.227 e. The van der Waals surface area contributed by atoms with Crippen LogP contribution in [0.3, 0.4) is 0 Å². The minimum atomic E-state index is -0.0490. The first-order valence-corrected chi connectivity index (χ1v) is 7.95. The standard InChI is InChI=1S/C17H22N2O3/c1-12-3-2-7-19(11-12)17(21)10-13-4-5-15-14(9-13)18-16(20)6-8-22-15/h4-5,9,12H,2-3,6-8,10-11H2,1H3,(H,18,20). The predicted octanol–water partition coefficient (Wildman–Crippen LogP) is 2.21. The Balaban J connectivity index is 1.70. The number of rotatable bonds is 2. The molecule has 1 aromatic carbocycles. The van der Waals surface area contributed by atoms with Crippen LogP contribution < -0.4 is 10.1 Å². The highest BCUT2D eigenvalue weighted by Gasteiger charge is 2.21. The first-order valence-electron chi connectivity index (χ1n) is 7.95. The van der Waals surface area contributed by atoms with Gasteiger partial charge in [-0.3, -0.25) is 9.59 Å². The zero-order chi connectivity index (χ0) is 15.5. The fraction of sp³-hybridized carbons (Fsp3) is 0.529. The third kappa shape index (κ3) is 3.40. The molecule has 3 rings (SSSR count). The lowest BCUT2D eigenvalue weighted by Crippen LogP contribution is -2.39. The number of hydrogen-bond donors (Lipinski definition) is 1. The Morgan fingerprint density at radius 3 is 3.14 bits per heavy atom. The molecule has 0 saturated carbocycles. The molecule has 0 aromatic heterocycles. The number of carbonyl (C=O) groups is 2. The van der Waals surface area contributed by atoms with E-state index < -0.39 is 0 Å². The van der Waals surface area contributed by atoms with E-state index in [1.807, 2.05) is 23.1 Å². The minimum Gasteiger partial charge on any atom is -0.491 e. The maximum absolute atomic E-state index is 12.4. The van der Waals surface area contributed by atoms with Crippen molar-refractivity contribution >= 4 is 17.5 Å². The van der Waals surface area contributed by atoms with E-state index in [0.29, 0.717) is 36.8 Å².